The third-order valence-corrected chi connectivity index (χ3v) is 5.93. The van der Waals surface area contributed by atoms with Crippen molar-refractivity contribution < 1.29 is 24.0 Å². The number of nitrogens with zero attached hydrogens (tertiary/aromatic N) is 3. The lowest BCUT2D eigenvalue weighted by Crippen LogP contribution is -2.34. The molecule has 1 atom stereocenters. The van der Waals surface area contributed by atoms with Gasteiger partial charge in [0.05, 0.1) is 17.7 Å². The highest BCUT2D eigenvalue weighted by atomic mass is 32.2. The van der Waals surface area contributed by atoms with E-state index in [1.807, 2.05) is 0 Å². The second-order valence-electron chi connectivity index (χ2n) is 7.09. The largest absolute Gasteiger partial charge is 0.497 e. The van der Waals surface area contributed by atoms with Crippen molar-refractivity contribution >= 4 is 45.8 Å². The Morgan fingerprint density at radius 3 is 2.67 bits per heavy atom. The van der Waals surface area contributed by atoms with Gasteiger partial charge in [-0.15, -0.1) is 0 Å². The molecule has 0 saturated carbocycles. The Balaban J connectivity index is 1.72. The highest BCUT2D eigenvalue weighted by Gasteiger charge is 2.39. The Hall–Kier alpha value is -3.44. The minimum absolute atomic E-state index is 0.0887. The zero-order chi connectivity index (χ0) is 23.8. The van der Waals surface area contributed by atoms with Gasteiger partial charge in [0.25, 0.3) is 5.69 Å². The van der Waals surface area contributed by atoms with E-state index in [2.05, 4.69) is 10.3 Å². The molecule has 3 rings (SSSR count). The van der Waals surface area contributed by atoms with Gasteiger partial charge in [-0.3, -0.25) is 24.6 Å². The first-order chi connectivity index (χ1) is 15.9. The number of amidine groups is 1. The summed E-state index contributed by atoms with van der Waals surface area (Å²) in [6.45, 7) is 0.903. The van der Waals surface area contributed by atoms with Crippen LogP contribution in [0.2, 0.25) is 0 Å². The van der Waals surface area contributed by atoms with Gasteiger partial charge in [0.15, 0.2) is 5.17 Å². The first-order valence-electron chi connectivity index (χ1n) is 10.1. The summed E-state index contributed by atoms with van der Waals surface area (Å²) in [5, 5.41) is 13.4. The summed E-state index contributed by atoms with van der Waals surface area (Å²) in [6, 6.07) is 12.8. The number of nitro benzene ring substituents is 1. The van der Waals surface area contributed by atoms with Crippen LogP contribution in [-0.2, 0) is 14.3 Å². The van der Waals surface area contributed by atoms with Crippen molar-refractivity contribution in [3.8, 4) is 5.75 Å². The molecule has 0 bridgehead atoms. The number of nitro groups is 1. The molecule has 33 heavy (non-hydrogen) atoms. The summed E-state index contributed by atoms with van der Waals surface area (Å²) in [5.74, 6) is 0.0724. The molecule has 0 radical (unpaired) electrons. The number of rotatable bonds is 10. The van der Waals surface area contributed by atoms with Gasteiger partial charge >= 0.3 is 0 Å². The fraction of sp³-hybridized carbons (Fsp3) is 0.318. The summed E-state index contributed by atoms with van der Waals surface area (Å²) in [4.78, 5) is 42.2. The number of ether oxygens (including phenoxy) is 2. The van der Waals surface area contributed by atoms with Crippen LogP contribution in [0.1, 0.15) is 12.8 Å². The average Bonchev–Trinajstić information content (AvgIpc) is 3.08. The molecule has 1 fully saturated rings. The number of aliphatic imine (C=N–C) groups is 1. The van der Waals surface area contributed by atoms with Gasteiger partial charge in [0.1, 0.15) is 11.0 Å². The number of carbonyl (C=O) groups is 2. The van der Waals surface area contributed by atoms with E-state index in [0.29, 0.717) is 41.9 Å². The molecule has 0 aliphatic carbocycles. The van der Waals surface area contributed by atoms with Crippen molar-refractivity contribution in [2.45, 2.75) is 18.1 Å². The van der Waals surface area contributed by atoms with Crippen molar-refractivity contribution in [1.82, 2.24) is 4.90 Å². The molecule has 1 aliphatic heterocycles. The van der Waals surface area contributed by atoms with Crippen molar-refractivity contribution in [3.05, 3.63) is 58.6 Å². The Morgan fingerprint density at radius 2 is 2.00 bits per heavy atom. The maximum Gasteiger partial charge on any atom is 0.271 e. The predicted octanol–water partition coefficient (Wildman–Crippen LogP) is 3.60. The smallest absolute Gasteiger partial charge is 0.271 e. The van der Waals surface area contributed by atoms with Crippen LogP contribution >= 0.6 is 11.8 Å². The molecule has 174 valence electrons. The summed E-state index contributed by atoms with van der Waals surface area (Å²) in [7, 11) is 3.17. The quantitative estimate of drug-likeness (QED) is 0.318. The van der Waals surface area contributed by atoms with Gasteiger partial charge in [-0.2, -0.15) is 0 Å². The average molecular weight is 473 g/mol. The van der Waals surface area contributed by atoms with Crippen LogP contribution in [0.25, 0.3) is 0 Å². The summed E-state index contributed by atoms with van der Waals surface area (Å²) in [6.07, 6.45) is 0.533. The maximum atomic E-state index is 13.0. The maximum absolute atomic E-state index is 13.0. The minimum atomic E-state index is -0.650. The second-order valence-corrected chi connectivity index (χ2v) is 8.26. The van der Waals surface area contributed by atoms with E-state index in [9.17, 15) is 19.7 Å². The fourth-order valence-corrected chi connectivity index (χ4v) is 4.33. The van der Waals surface area contributed by atoms with Gasteiger partial charge in [-0.25, -0.2) is 4.99 Å². The molecule has 2 amide bonds. The lowest BCUT2D eigenvalue weighted by atomic mass is 10.2. The number of hydrogen-bond donors (Lipinski definition) is 1. The van der Waals surface area contributed by atoms with Crippen LogP contribution in [0.3, 0.4) is 0 Å². The van der Waals surface area contributed by atoms with E-state index in [-0.39, 0.29) is 18.0 Å². The van der Waals surface area contributed by atoms with Gasteiger partial charge < -0.3 is 14.8 Å². The molecule has 10 nitrogen and oxygen atoms in total. The number of non-ortho nitro benzene ring substituents is 1. The Bertz CT molecular complexity index is 1040. The van der Waals surface area contributed by atoms with E-state index < -0.39 is 16.1 Å². The normalized spacial score (nSPS) is 16.8. The third-order valence-electron chi connectivity index (χ3n) is 4.76. The van der Waals surface area contributed by atoms with Crippen molar-refractivity contribution in [3.63, 3.8) is 0 Å². The Kier molecular flexibility index (Phi) is 8.39. The number of anilines is 1. The first kappa shape index (κ1) is 24.2. The minimum Gasteiger partial charge on any atom is -0.497 e. The van der Waals surface area contributed by atoms with E-state index >= 15 is 0 Å². The molecule has 1 aliphatic rings. The van der Waals surface area contributed by atoms with E-state index in [0.717, 1.165) is 0 Å². The van der Waals surface area contributed by atoms with Gasteiger partial charge in [-0.05, 0) is 36.8 Å². The van der Waals surface area contributed by atoms with Crippen molar-refractivity contribution in [2.24, 2.45) is 4.99 Å². The summed E-state index contributed by atoms with van der Waals surface area (Å²) >= 11 is 1.22. The Morgan fingerprint density at radius 1 is 1.24 bits per heavy atom. The molecule has 0 aromatic heterocycles. The number of thioether (sulfide) groups is 1. The monoisotopic (exact) mass is 472 g/mol. The fourth-order valence-electron chi connectivity index (χ4n) is 3.14. The van der Waals surface area contributed by atoms with Crippen molar-refractivity contribution in [1.29, 1.82) is 0 Å². The number of amides is 2. The molecule has 2 aromatic rings. The molecular formula is C22H24N4O6S. The van der Waals surface area contributed by atoms with Crippen LogP contribution in [0.15, 0.2) is 53.5 Å². The zero-order valence-corrected chi connectivity index (χ0v) is 19.0. The molecule has 1 saturated heterocycles. The summed E-state index contributed by atoms with van der Waals surface area (Å²) in [5.41, 5.74) is 0.829. The van der Waals surface area contributed by atoms with Crippen molar-refractivity contribution in [2.75, 3.05) is 32.7 Å². The van der Waals surface area contributed by atoms with Gasteiger partial charge in [0.2, 0.25) is 11.8 Å². The van der Waals surface area contributed by atoms with Crippen LogP contribution in [0.5, 0.6) is 5.75 Å². The van der Waals surface area contributed by atoms with Gasteiger partial charge in [0, 0.05) is 44.5 Å². The van der Waals surface area contributed by atoms with Gasteiger partial charge in [-0.1, -0.05) is 17.8 Å². The molecule has 1 unspecified atom stereocenters. The Labute approximate surface area is 195 Å². The lowest BCUT2D eigenvalue weighted by Gasteiger charge is -2.16. The number of methoxy groups -OCH3 is 2. The predicted molar refractivity (Wildman–Crippen MR) is 126 cm³/mol. The topological polar surface area (TPSA) is 123 Å². The first-order valence-corrected chi connectivity index (χ1v) is 11.0. The van der Waals surface area contributed by atoms with Crippen LogP contribution in [0.4, 0.5) is 17.1 Å². The number of benzene rings is 2. The molecule has 1 heterocycles. The molecule has 0 spiro atoms. The molecule has 1 N–H and O–H groups in total. The highest BCUT2D eigenvalue weighted by molar-refractivity contribution is 8.15. The van der Waals surface area contributed by atoms with Crippen LogP contribution in [0, 0.1) is 10.1 Å². The molecular weight excluding hydrogens is 448 g/mol. The number of nitrogens with one attached hydrogen (secondary N) is 1. The van der Waals surface area contributed by atoms with E-state index in [1.165, 1.54) is 30.0 Å². The van der Waals surface area contributed by atoms with E-state index in [1.54, 1.807) is 49.5 Å². The SMILES string of the molecule is COCCCN1C(=O)C(CC(=O)Nc2cccc([N+](=O)[O-])c2)SC1=Nc1ccc(OC)cc1. The molecule has 11 heteroatoms. The zero-order valence-electron chi connectivity index (χ0n) is 18.2. The van der Waals surface area contributed by atoms with E-state index in [4.69, 9.17) is 9.47 Å². The number of hydrogen-bond acceptors (Lipinski definition) is 8. The van der Waals surface area contributed by atoms with Crippen LogP contribution < -0.4 is 10.1 Å². The second kappa shape index (κ2) is 11.4. The lowest BCUT2D eigenvalue weighted by molar-refractivity contribution is -0.384. The molecule has 2 aromatic carbocycles. The van der Waals surface area contributed by atoms with Crippen LogP contribution in [-0.4, -0.2) is 59.4 Å². The highest BCUT2D eigenvalue weighted by Crippen LogP contribution is 2.32. The summed E-state index contributed by atoms with van der Waals surface area (Å²) < 4.78 is 10.2. The number of carbonyl (C=O) groups excluding carboxylic acids is 2. The third kappa shape index (κ3) is 6.53. The standard InChI is InChI=1S/C22H24N4O6S/c1-31-12-4-11-25-21(28)19(33-22(25)24-15-7-9-18(32-2)10-8-15)14-20(27)23-16-5-3-6-17(13-16)26(29)30/h3,5-10,13,19H,4,11-12,14H2,1-2H3,(H,23,27).